The number of fused-ring (bicyclic) bond motifs is 1. The maximum Gasteiger partial charge on any atom is 0.410 e. The summed E-state index contributed by atoms with van der Waals surface area (Å²) < 4.78 is 10.6. The number of likely N-dealkylation sites (tertiary alicyclic amines) is 1. The molecule has 1 aromatic carbocycles. The Morgan fingerprint density at radius 1 is 1.16 bits per heavy atom. The zero-order chi connectivity index (χ0) is 27.6. The van der Waals surface area contributed by atoms with Crippen LogP contribution in [0.3, 0.4) is 0 Å². The highest BCUT2D eigenvalue weighted by Crippen LogP contribution is 2.41. The maximum atomic E-state index is 13.2. The summed E-state index contributed by atoms with van der Waals surface area (Å²) in [6.45, 7) is 14.7. The highest BCUT2D eigenvalue weighted by molar-refractivity contribution is 6.31. The summed E-state index contributed by atoms with van der Waals surface area (Å²) in [6.07, 6.45) is 3.19. The number of nitrogens with zero attached hydrogens (tertiary/aromatic N) is 2. The number of carbonyl (C=O) groups excluding carboxylic acids is 3. The summed E-state index contributed by atoms with van der Waals surface area (Å²) in [6, 6.07) is 5.52. The van der Waals surface area contributed by atoms with E-state index in [0.29, 0.717) is 5.02 Å². The second kappa shape index (κ2) is 10.9. The number of ether oxygens (including phenoxy) is 2. The van der Waals surface area contributed by atoms with E-state index in [-0.39, 0.29) is 50.1 Å². The summed E-state index contributed by atoms with van der Waals surface area (Å²) in [5.74, 6) is -0.370. The molecule has 1 fully saturated rings. The first-order valence-corrected chi connectivity index (χ1v) is 13.2. The van der Waals surface area contributed by atoms with Gasteiger partial charge in [0, 0.05) is 24.3 Å². The predicted octanol–water partition coefficient (Wildman–Crippen LogP) is 5.63. The van der Waals surface area contributed by atoms with Gasteiger partial charge in [0.2, 0.25) is 0 Å². The van der Waals surface area contributed by atoms with Crippen molar-refractivity contribution in [1.82, 2.24) is 15.1 Å². The Morgan fingerprint density at radius 3 is 2.46 bits per heavy atom. The molecule has 204 valence electrons. The van der Waals surface area contributed by atoms with E-state index in [4.69, 9.17) is 21.1 Å². The number of amides is 3. The first kappa shape index (κ1) is 28.8. The standard InChI is InChI=1S/C28H40ClN3O5/c1-8-36-23(33)12-14-31-16-21-17-32(25(35)37-27(5,6)7)18-28(21,30-24(31)34)20-10-9-19(22(29)15-20)11-13-26(2,3)4/h9-10,15-16H,8,11-14,17-18H2,1-7H3,(H,30,34). The number of aryl methyl sites for hydroxylation is 1. The van der Waals surface area contributed by atoms with Gasteiger partial charge in [0.15, 0.2) is 0 Å². The molecular weight excluding hydrogens is 494 g/mol. The fraction of sp³-hybridized carbons (Fsp3) is 0.607. The maximum absolute atomic E-state index is 13.2. The van der Waals surface area contributed by atoms with Gasteiger partial charge in [0.1, 0.15) is 11.1 Å². The lowest BCUT2D eigenvalue weighted by Crippen LogP contribution is -2.56. The van der Waals surface area contributed by atoms with Crippen molar-refractivity contribution in [3.8, 4) is 0 Å². The van der Waals surface area contributed by atoms with Crippen molar-refractivity contribution in [2.24, 2.45) is 5.41 Å². The van der Waals surface area contributed by atoms with E-state index in [1.165, 1.54) is 4.90 Å². The van der Waals surface area contributed by atoms with Gasteiger partial charge in [-0.2, -0.15) is 0 Å². The summed E-state index contributed by atoms with van der Waals surface area (Å²) >= 11 is 6.73. The number of urea groups is 1. The van der Waals surface area contributed by atoms with Gasteiger partial charge in [0.25, 0.3) is 0 Å². The minimum atomic E-state index is -0.944. The predicted molar refractivity (Wildman–Crippen MR) is 143 cm³/mol. The Morgan fingerprint density at radius 2 is 1.86 bits per heavy atom. The monoisotopic (exact) mass is 533 g/mol. The quantitative estimate of drug-likeness (QED) is 0.459. The van der Waals surface area contributed by atoms with Crippen molar-refractivity contribution in [2.75, 3.05) is 26.2 Å². The highest BCUT2D eigenvalue weighted by atomic mass is 35.5. The number of rotatable bonds is 7. The molecule has 2 aliphatic rings. The van der Waals surface area contributed by atoms with E-state index in [0.717, 1.165) is 29.5 Å². The Kier molecular flexibility index (Phi) is 8.52. The Balaban J connectivity index is 1.94. The SMILES string of the molecule is CCOC(=O)CCN1C=C2CN(C(=O)OC(C)(C)C)CC2(c2ccc(CCC(C)(C)C)c(Cl)c2)NC1=O. The van der Waals surface area contributed by atoms with Crippen LogP contribution < -0.4 is 5.32 Å². The summed E-state index contributed by atoms with van der Waals surface area (Å²) in [5.41, 5.74) is 1.25. The van der Waals surface area contributed by atoms with Crippen molar-refractivity contribution in [2.45, 2.75) is 78.9 Å². The summed E-state index contributed by atoms with van der Waals surface area (Å²) in [5, 5.41) is 3.75. The van der Waals surface area contributed by atoms with E-state index in [1.54, 1.807) is 18.0 Å². The fourth-order valence-electron chi connectivity index (χ4n) is 4.50. The number of hydrogen-bond acceptors (Lipinski definition) is 5. The second-order valence-corrected chi connectivity index (χ2v) is 12.3. The fourth-order valence-corrected chi connectivity index (χ4v) is 4.77. The van der Waals surface area contributed by atoms with Crippen LogP contribution in [0.5, 0.6) is 0 Å². The van der Waals surface area contributed by atoms with Crippen LogP contribution in [0.2, 0.25) is 5.02 Å². The molecule has 9 heteroatoms. The molecule has 0 aliphatic carbocycles. The minimum absolute atomic E-state index is 0.0715. The van der Waals surface area contributed by atoms with Gasteiger partial charge in [-0.05, 0) is 68.7 Å². The summed E-state index contributed by atoms with van der Waals surface area (Å²) in [4.78, 5) is 41.1. The van der Waals surface area contributed by atoms with Crippen LogP contribution in [-0.4, -0.2) is 59.7 Å². The molecule has 1 atom stereocenters. The van der Waals surface area contributed by atoms with Gasteiger partial charge in [-0.15, -0.1) is 0 Å². The molecule has 1 aromatic rings. The van der Waals surface area contributed by atoms with Gasteiger partial charge in [-0.3, -0.25) is 4.79 Å². The van der Waals surface area contributed by atoms with Crippen LogP contribution in [0, 0.1) is 5.41 Å². The lowest BCUT2D eigenvalue weighted by Gasteiger charge is -2.39. The van der Waals surface area contributed by atoms with Gasteiger partial charge in [-0.25, -0.2) is 9.59 Å². The summed E-state index contributed by atoms with van der Waals surface area (Å²) in [7, 11) is 0. The third-order valence-electron chi connectivity index (χ3n) is 6.43. The van der Waals surface area contributed by atoms with E-state index in [2.05, 4.69) is 26.1 Å². The molecule has 2 aliphatic heterocycles. The third-order valence-corrected chi connectivity index (χ3v) is 6.79. The van der Waals surface area contributed by atoms with Gasteiger partial charge < -0.3 is 24.6 Å². The molecule has 0 saturated carbocycles. The number of nitrogens with one attached hydrogen (secondary N) is 1. The van der Waals surface area contributed by atoms with Crippen molar-refractivity contribution >= 4 is 29.7 Å². The third kappa shape index (κ3) is 7.18. The number of halogens is 1. The zero-order valence-corrected chi connectivity index (χ0v) is 23.8. The molecule has 3 amide bonds. The molecule has 2 heterocycles. The molecule has 3 rings (SSSR count). The molecule has 1 saturated heterocycles. The molecule has 8 nitrogen and oxygen atoms in total. The van der Waals surface area contributed by atoms with E-state index in [9.17, 15) is 14.4 Å². The molecular formula is C28H40ClN3O5. The molecule has 0 aromatic heterocycles. The molecule has 1 N–H and O–H groups in total. The van der Waals surface area contributed by atoms with Crippen molar-refractivity contribution < 1.29 is 23.9 Å². The zero-order valence-electron chi connectivity index (χ0n) is 23.1. The first-order chi connectivity index (χ1) is 17.1. The number of esters is 1. The number of hydrogen-bond donors (Lipinski definition) is 1. The minimum Gasteiger partial charge on any atom is -0.466 e. The molecule has 0 radical (unpaired) electrons. The van der Waals surface area contributed by atoms with E-state index in [1.807, 2.05) is 39.0 Å². The first-order valence-electron chi connectivity index (χ1n) is 12.9. The van der Waals surface area contributed by atoms with Crippen molar-refractivity contribution in [3.05, 3.63) is 46.1 Å². The van der Waals surface area contributed by atoms with Crippen LogP contribution in [-0.2, 0) is 26.2 Å². The van der Waals surface area contributed by atoms with Crippen LogP contribution in [0.4, 0.5) is 9.59 Å². The molecule has 0 bridgehead atoms. The smallest absolute Gasteiger partial charge is 0.410 e. The molecule has 1 unspecified atom stereocenters. The normalized spacial score (nSPS) is 19.8. The van der Waals surface area contributed by atoms with Crippen molar-refractivity contribution in [3.63, 3.8) is 0 Å². The van der Waals surface area contributed by atoms with Gasteiger partial charge in [0.05, 0.1) is 19.6 Å². The van der Waals surface area contributed by atoms with Crippen LogP contribution in [0.1, 0.15) is 72.4 Å². The van der Waals surface area contributed by atoms with Gasteiger partial charge in [-0.1, -0.05) is 44.5 Å². The Labute approximate surface area is 225 Å². The largest absolute Gasteiger partial charge is 0.466 e. The average molecular weight is 534 g/mol. The van der Waals surface area contributed by atoms with Crippen molar-refractivity contribution in [1.29, 1.82) is 0 Å². The lowest BCUT2D eigenvalue weighted by atomic mass is 9.83. The van der Waals surface area contributed by atoms with Crippen LogP contribution in [0.25, 0.3) is 0 Å². The van der Waals surface area contributed by atoms with Crippen LogP contribution >= 0.6 is 11.6 Å². The Bertz CT molecular complexity index is 1070. The Hall–Kier alpha value is -2.74. The second-order valence-electron chi connectivity index (χ2n) is 11.9. The van der Waals surface area contributed by atoms with E-state index < -0.39 is 17.2 Å². The molecule has 0 spiro atoms. The van der Waals surface area contributed by atoms with Gasteiger partial charge >= 0.3 is 18.1 Å². The highest BCUT2D eigenvalue weighted by Gasteiger charge is 2.50. The lowest BCUT2D eigenvalue weighted by molar-refractivity contribution is -0.143. The van der Waals surface area contributed by atoms with Crippen LogP contribution in [0.15, 0.2) is 30.0 Å². The average Bonchev–Trinajstić information content (AvgIpc) is 3.15. The topological polar surface area (TPSA) is 88.2 Å². The number of carbonyl (C=O) groups is 3. The number of benzene rings is 1. The molecule has 37 heavy (non-hydrogen) atoms. The van der Waals surface area contributed by atoms with E-state index >= 15 is 0 Å².